The average molecular weight is 370 g/mol. The second kappa shape index (κ2) is 7.98. The fourth-order valence-corrected chi connectivity index (χ4v) is 2.98. The monoisotopic (exact) mass is 370 g/mol. The van der Waals surface area contributed by atoms with Crippen LogP contribution in [-0.2, 0) is 0 Å². The number of aryl methyl sites for hydroxylation is 1. The minimum absolute atomic E-state index is 0.0236. The lowest BCUT2D eigenvalue weighted by Gasteiger charge is -2.35. The van der Waals surface area contributed by atoms with Crippen molar-refractivity contribution in [3.05, 3.63) is 51.7 Å². The molecule has 1 aromatic heterocycles. The summed E-state index contributed by atoms with van der Waals surface area (Å²) in [5.74, 6) is 1.33. The summed E-state index contributed by atoms with van der Waals surface area (Å²) in [4.78, 5) is 35.7. The van der Waals surface area contributed by atoms with Crippen molar-refractivity contribution in [3.63, 3.8) is 0 Å². The van der Waals surface area contributed by atoms with Crippen molar-refractivity contribution in [3.8, 4) is 0 Å². The maximum atomic E-state index is 12.6. The predicted molar refractivity (Wildman–Crippen MR) is 102 cm³/mol. The molecule has 0 spiro atoms. The predicted octanol–water partition coefficient (Wildman–Crippen LogP) is 2.09. The molecule has 2 aromatic rings. The van der Waals surface area contributed by atoms with Gasteiger partial charge >= 0.3 is 0 Å². The number of nitro groups is 1. The highest BCUT2D eigenvalue weighted by molar-refractivity contribution is 5.94. The first-order valence-corrected chi connectivity index (χ1v) is 8.86. The van der Waals surface area contributed by atoms with Crippen LogP contribution in [0.4, 0.5) is 17.5 Å². The molecule has 0 aliphatic carbocycles. The lowest BCUT2D eigenvalue weighted by Crippen LogP contribution is -2.49. The summed E-state index contributed by atoms with van der Waals surface area (Å²) in [6.45, 7) is 7.09. The number of carbonyl (C=O) groups is 1. The van der Waals surface area contributed by atoms with Gasteiger partial charge in [0.05, 0.1) is 4.92 Å². The SMILES string of the molecule is CCNc1cc(C)nc(N2CCN(C(=O)c3ccc([N+](=O)[O-])cc3)CC2)n1. The van der Waals surface area contributed by atoms with E-state index in [-0.39, 0.29) is 11.6 Å². The maximum Gasteiger partial charge on any atom is 0.269 e. The van der Waals surface area contributed by atoms with Gasteiger partial charge in [-0.15, -0.1) is 0 Å². The third kappa shape index (κ3) is 4.30. The van der Waals surface area contributed by atoms with Crippen molar-refractivity contribution in [2.75, 3.05) is 42.9 Å². The van der Waals surface area contributed by atoms with E-state index in [4.69, 9.17) is 0 Å². The Morgan fingerprint density at radius 3 is 2.44 bits per heavy atom. The molecule has 0 radical (unpaired) electrons. The Bertz CT molecular complexity index is 831. The molecule has 9 heteroatoms. The van der Waals surface area contributed by atoms with Gasteiger partial charge in [0.2, 0.25) is 5.95 Å². The van der Waals surface area contributed by atoms with Crippen molar-refractivity contribution >= 4 is 23.4 Å². The van der Waals surface area contributed by atoms with Crippen molar-refractivity contribution in [2.45, 2.75) is 13.8 Å². The largest absolute Gasteiger partial charge is 0.370 e. The number of piperazine rings is 1. The lowest BCUT2D eigenvalue weighted by molar-refractivity contribution is -0.384. The van der Waals surface area contributed by atoms with Crippen LogP contribution in [-0.4, -0.2) is 58.4 Å². The van der Waals surface area contributed by atoms with E-state index in [0.29, 0.717) is 37.7 Å². The van der Waals surface area contributed by atoms with Crippen LogP contribution >= 0.6 is 0 Å². The molecule has 142 valence electrons. The van der Waals surface area contributed by atoms with Crippen molar-refractivity contribution in [2.24, 2.45) is 0 Å². The number of non-ortho nitro benzene ring substituents is 1. The Labute approximate surface area is 157 Å². The molecule has 1 aliphatic heterocycles. The van der Waals surface area contributed by atoms with Crippen LogP contribution in [0.1, 0.15) is 23.0 Å². The summed E-state index contributed by atoms with van der Waals surface area (Å²) >= 11 is 0. The Kier molecular flexibility index (Phi) is 5.49. The Morgan fingerprint density at radius 2 is 1.85 bits per heavy atom. The number of anilines is 2. The normalized spacial score (nSPS) is 14.1. The van der Waals surface area contributed by atoms with Crippen molar-refractivity contribution in [1.82, 2.24) is 14.9 Å². The van der Waals surface area contributed by atoms with Gasteiger partial charge in [-0.2, -0.15) is 4.98 Å². The standard InChI is InChI=1S/C18H22N6O3/c1-3-19-16-12-13(2)20-18(21-16)23-10-8-22(9-11-23)17(25)14-4-6-15(7-5-14)24(26)27/h4-7,12H,3,8-11H2,1-2H3,(H,19,20,21). The molecular weight excluding hydrogens is 348 g/mol. The molecule has 9 nitrogen and oxygen atoms in total. The summed E-state index contributed by atoms with van der Waals surface area (Å²) in [7, 11) is 0. The molecule has 0 bridgehead atoms. The fourth-order valence-electron chi connectivity index (χ4n) is 2.98. The number of carbonyl (C=O) groups excluding carboxylic acids is 1. The minimum atomic E-state index is -0.476. The lowest BCUT2D eigenvalue weighted by atomic mass is 10.1. The molecule has 1 N–H and O–H groups in total. The van der Waals surface area contributed by atoms with Crippen LogP contribution in [0.15, 0.2) is 30.3 Å². The van der Waals surface area contributed by atoms with Gasteiger partial charge in [-0.1, -0.05) is 0 Å². The second-order valence-corrected chi connectivity index (χ2v) is 6.31. The smallest absolute Gasteiger partial charge is 0.269 e. The number of aromatic nitrogens is 2. The Hall–Kier alpha value is -3.23. The van der Waals surface area contributed by atoms with Crippen LogP contribution in [0.25, 0.3) is 0 Å². The summed E-state index contributed by atoms with van der Waals surface area (Å²) in [5, 5.41) is 13.9. The summed E-state index contributed by atoms with van der Waals surface area (Å²) in [5.41, 5.74) is 1.32. The van der Waals surface area contributed by atoms with Gasteiger partial charge in [-0.25, -0.2) is 4.98 Å². The summed E-state index contributed by atoms with van der Waals surface area (Å²) in [6.07, 6.45) is 0. The molecule has 2 heterocycles. The molecule has 1 amide bonds. The van der Waals surface area contributed by atoms with Crippen molar-refractivity contribution < 1.29 is 9.72 Å². The zero-order valence-corrected chi connectivity index (χ0v) is 15.4. The molecular formula is C18H22N6O3. The second-order valence-electron chi connectivity index (χ2n) is 6.31. The molecule has 1 aliphatic rings. The molecule has 1 fully saturated rings. The first-order chi connectivity index (χ1) is 13.0. The molecule has 0 unspecified atom stereocenters. The van der Waals surface area contributed by atoms with Gasteiger partial charge in [-0.3, -0.25) is 14.9 Å². The molecule has 3 rings (SSSR count). The Balaban J connectivity index is 1.64. The number of benzene rings is 1. The van der Waals surface area contributed by atoms with Gasteiger partial charge in [-0.05, 0) is 26.0 Å². The van der Waals surface area contributed by atoms with E-state index in [0.717, 1.165) is 18.1 Å². The number of hydrogen-bond donors (Lipinski definition) is 1. The highest BCUT2D eigenvalue weighted by Crippen LogP contribution is 2.18. The van der Waals surface area contributed by atoms with Crippen LogP contribution in [0, 0.1) is 17.0 Å². The first kappa shape index (κ1) is 18.6. The van der Waals surface area contributed by atoms with Gasteiger partial charge in [0, 0.05) is 62.2 Å². The topological polar surface area (TPSA) is 105 Å². The van der Waals surface area contributed by atoms with Crippen LogP contribution in [0.2, 0.25) is 0 Å². The minimum Gasteiger partial charge on any atom is -0.370 e. The highest BCUT2D eigenvalue weighted by Gasteiger charge is 2.24. The molecule has 1 saturated heterocycles. The number of nitro benzene ring substituents is 1. The zero-order valence-electron chi connectivity index (χ0n) is 15.4. The third-order valence-electron chi connectivity index (χ3n) is 4.38. The van der Waals surface area contributed by atoms with E-state index in [1.807, 2.05) is 19.9 Å². The molecule has 0 atom stereocenters. The molecule has 1 aromatic carbocycles. The van der Waals surface area contributed by atoms with Crippen LogP contribution in [0.5, 0.6) is 0 Å². The number of amides is 1. The molecule has 0 saturated carbocycles. The number of nitrogens with zero attached hydrogens (tertiary/aromatic N) is 5. The number of nitrogens with one attached hydrogen (secondary N) is 1. The zero-order chi connectivity index (χ0) is 19.4. The van der Waals surface area contributed by atoms with E-state index in [1.165, 1.54) is 24.3 Å². The summed E-state index contributed by atoms with van der Waals surface area (Å²) in [6, 6.07) is 7.61. The maximum absolute atomic E-state index is 12.6. The highest BCUT2D eigenvalue weighted by atomic mass is 16.6. The van der Waals surface area contributed by atoms with E-state index >= 15 is 0 Å². The van der Waals surface area contributed by atoms with E-state index < -0.39 is 4.92 Å². The third-order valence-corrected chi connectivity index (χ3v) is 4.38. The number of rotatable bonds is 5. The quantitative estimate of drug-likeness (QED) is 0.635. The van der Waals surface area contributed by atoms with Crippen LogP contribution < -0.4 is 10.2 Å². The van der Waals surface area contributed by atoms with Gasteiger partial charge in [0.1, 0.15) is 5.82 Å². The van der Waals surface area contributed by atoms with E-state index in [1.54, 1.807) is 4.90 Å². The molecule has 27 heavy (non-hydrogen) atoms. The fraction of sp³-hybridized carbons (Fsp3) is 0.389. The average Bonchev–Trinajstić information content (AvgIpc) is 2.67. The first-order valence-electron chi connectivity index (χ1n) is 8.86. The summed E-state index contributed by atoms with van der Waals surface area (Å²) < 4.78 is 0. The Morgan fingerprint density at radius 1 is 1.19 bits per heavy atom. The van der Waals surface area contributed by atoms with Gasteiger partial charge < -0.3 is 15.1 Å². The van der Waals surface area contributed by atoms with Crippen molar-refractivity contribution in [1.29, 1.82) is 0 Å². The van der Waals surface area contributed by atoms with Gasteiger partial charge in [0.15, 0.2) is 0 Å². The van der Waals surface area contributed by atoms with E-state index in [2.05, 4.69) is 20.2 Å². The van der Waals surface area contributed by atoms with Gasteiger partial charge in [0.25, 0.3) is 11.6 Å². The van der Waals surface area contributed by atoms with Crippen LogP contribution in [0.3, 0.4) is 0 Å². The number of hydrogen-bond acceptors (Lipinski definition) is 7. The van der Waals surface area contributed by atoms with E-state index in [9.17, 15) is 14.9 Å².